The summed E-state index contributed by atoms with van der Waals surface area (Å²) >= 11 is 3.14. The van der Waals surface area contributed by atoms with Gasteiger partial charge in [-0.3, -0.25) is 4.98 Å². The molecule has 0 atom stereocenters. The monoisotopic (exact) mass is 438 g/mol. The van der Waals surface area contributed by atoms with Crippen molar-refractivity contribution in [3.05, 3.63) is 65.0 Å². The normalized spacial score (nSPS) is 11.6. The minimum atomic E-state index is -3.92. The van der Waals surface area contributed by atoms with Gasteiger partial charge in [-0.1, -0.05) is 34.1 Å². The zero-order chi connectivity index (χ0) is 18.6. The van der Waals surface area contributed by atoms with Gasteiger partial charge < -0.3 is 4.74 Å². The van der Waals surface area contributed by atoms with Crippen LogP contribution in [0.1, 0.15) is 6.42 Å². The number of sulfonamides is 1. The van der Waals surface area contributed by atoms with E-state index in [1.165, 1.54) is 12.1 Å². The van der Waals surface area contributed by atoms with Gasteiger partial charge in [0.25, 0.3) is 0 Å². The standard InChI is InChI=1S/C18H16BrFN2O3S/c19-14-7-8-15(20)17(12-14)26(23,24)22-10-3-11-25-16-6-1-4-13-5-2-9-21-18(13)16/h1-2,4-9,12,22H,3,10-11H2. The number of ether oxygens (including phenoxy) is 1. The first kappa shape index (κ1) is 18.8. The smallest absolute Gasteiger partial charge is 0.243 e. The maximum absolute atomic E-state index is 13.7. The Balaban J connectivity index is 1.56. The second-order valence-corrected chi connectivity index (χ2v) is 8.16. The highest BCUT2D eigenvalue weighted by Crippen LogP contribution is 2.23. The van der Waals surface area contributed by atoms with Crippen LogP contribution in [0.3, 0.4) is 0 Å². The van der Waals surface area contributed by atoms with Gasteiger partial charge in [-0.2, -0.15) is 0 Å². The van der Waals surface area contributed by atoms with Crippen molar-refractivity contribution in [2.45, 2.75) is 11.3 Å². The molecule has 5 nitrogen and oxygen atoms in total. The van der Waals surface area contributed by atoms with E-state index < -0.39 is 15.8 Å². The van der Waals surface area contributed by atoms with Gasteiger partial charge in [0, 0.05) is 22.6 Å². The Bertz CT molecular complexity index is 1020. The summed E-state index contributed by atoms with van der Waals surface area (Å²) in [5.74, 6) is -0.150. The molecule has 0 amide bonds. The largest absolute Gasteiger partial charge is 0.491 e. The number of hydrogen-bond acceptors (Lipinski definition) is 4. The highest BCUT2D eigenvalue weighted by molar-refractivity contribution is 9.10. The van der Waals surface area contributed by atoms with E-state index in [0.29, 0.717) is 23.2 Å². The number of benzene rings is 2. The Hall–Kier alpha value is -2.03. The molecule has 3 aromatic rings. The van der Waals surface area contributed by atoms with Crippen molar-refractivity contribution in [1.82, 2.24) is 9.71 Å². The Kier molecular flexibility index (Phi) is 5.85. The second kappa shape index (κ2) is 8.11. The average Bonchev–Trinajstić information content (AvgIpc) is 2.63. The average molecular weight is 439 g/mol. The van der Waals surface area contributed by atoms with Gasteiger partial charge in [-0.15, -0.1) is 0 Å². The van der Waals surface area contributed by atoms with E-state index in [2.05, 4.69) is 25.6 Å². The molecule has 1 aromatic heterocycles. The number of aromatic nitrogens is 1. The number of para-hydroxylation sites is 1. The molecular weight excluding hydrogens is 423 g/mol. The van der Waals surface area contributed by atoms with Crippen molar-refractivity contribution in [3.63, 3.8) is 0 Å². The van der Waals surface area contributed by atoms with Crippen LogP contribution in [0.4, 0.5) is 4.39 Å². The molecule has 0 spiro atoms. The number of pyridine rings is 1. The summed E-state index contributed by atoms with van der Waals surface area (Å²) in [4.78, 5) is 3.91. The van der Waals surface area contributed by atoms with Crippen LogP contribution in [0.15, 0.2) is 64.1 Å². The lowest BCUT2D eigenvalue weighted by atomic mass is 10.2. The zero-order valence-electron chi connectivity index (χ0n) is 13.7. The maximum atomic E-state index is 13.7. The van der Waals surface area contributed by atoms with Crippen LogP contribution in [-0.2, 0) is 10.0 Å². The van der Waals surface area contributed by atoms with Crippen molar-refractivity contribution in [1.29, 1.82) is 0 Å². The molecule has 0 unspecified atom stereocenters. The lowest BCUT2D eigenvalue weighted by Crippen LogP contribution is -2.26. The molecule has 0 aliphatic carbocycles. The van der Waals surface area contributed by atoms with Crippen molar-refractivity contribution < 1.29 is 17.5 Å². The molecule has 0 aliphatic heterocycles. The van der Waals surface area contributed by atoms with Crippen LogP contribution in [0.5, 0.6) is 5.75 Å². The Labute approximate surface area is 159 Å². The van der Waals surface area contributed by atoms with Gasteiger partial charge in [0.1, 0.15) is 22.0 Å². The zero-order valence-corrected chi connectivity index (χ0v) is 16.1. The third-order valence-corrected chi connectivity index (χ3v) is 5.62. The van der Waals surface area contributed by atoms with Crippen molar-refractivity contribution in [2.75, 3.05) is 13.2 Å². The predicted molar refractivity (Wildman–Crippen MR) is 101 cm³/mol. The number of nitrogens with one attached hydrogen (secondary N) is 1. The van der Waals surface area contributed by atoms with Crippen molar-refractivity contribution >= 4 is 36.9 Å². The van der Waals surface area contributed by atoms with Crippen LogP contribution in [0.2, 0.25) is 0 Å². The van der Waals surface area contributed by atoms with Gasteiger partial charge in [-0.25, -0.2) is 17.5 Å². The molecule has 8 heteroatoms. The Morgan fingerprint density at radius 1 is 1.15 bits per heavy atom. The van der Waals surface area contributed by atoms with Crippen LogP contribution in [-0.4, -0.2) is 26.6 Å². The molecule has 0 fully saturated rings. The summed E-state index contributed by atoms with van der Waals surface area (Å²) in [6.45, 7) is 0.436. The van der Waals surface area contributed by atoms with Crippen molar-refractivity contribution in [3.8, 4) is 5.75 Å². The van der Waals surface area contributed by atoms with E-state index in [-0.39, 0.29) is 11.4 Å². The maximum Gasteiger partial charge on any atom is 0.243 e. The van der Waals surface area contributed by atoms with Gasteiger partial charge >= 0.3 is 0 Å². The second-order valence-electron chi connectivity index (χ2n) is 5.51. The van der Waals surface area contributed by atoms with E-state index in [0.717, 1.165) is 17.0 Å². The first-order chi connectivity index (χ1) is 12.5. The van der Waals surface area contributed by atoms with Crippen molar-refractivity contribution in [2.24, 2.45) is 0 Å². The molecule has 26 heavy (non-hydrogen) atoms. The molecule has 0 saturated heterocycles. The van der Waals surface area contributed by atoms with Gasteiger partial charge in [0.2, 0.25) is 10.0 Å². The Morgan fingerprint density at radius 3 is 2.81 bits per heavy atom. The molecule has 3 rings (SSSR count). The topological polar surface area (TPSA) is 68.3 Å². The Morgan fingerprint density at radius 2 is 1.96 bits per heavy atom. The first-order valence-corrected chi connectivity index (χ1v) is 10.2. The molecule has 1 N–H and O–H groups in total. The molecule has 0 saturated carbocycles. The molecular formula is C18H16BrFN2O3S. The molecule has 1 heterocycles. The fourth-order valence-electron chi connectivity index (χ4n) is 2.41. The third kappa shape index (κ3) is 4.38. The van der Waals surface area contributed by atoms with Crippen LogP contribution < -0.4 is 9.46 Å². The summed E-state index contributed by atoms with van der Waals surface area (Å²) in [7, 11) is -3.92. The first-order valence-electron chi connectivity index (χ1n) is 7.89. The minimum Gasteiger partial charge on any atom is -0.491 e. The number of nitrogens with zero attached hydrogens (tertiary/aromatic N) is 1. The van der Waals surface area contributed by atoms with Crippen LogP contribution >= 0.6 is 15.9 Å². The van der Waals surface area contributed by atoms with Crippen LogP contribution in [0, 0.1) is 5.82 Å². The molecule has 0 radical (unpaired) electrons. The number of fused-ring (bicyclic) bond motifs is 1. The van der Waals surface area contributed by atoms with Gasteiger partial charge in [0.15, 0.2) is 0 Å². The lowest BCUT2D eigenvalue weighted by Gasteiger charge is -2.10. The third-order valence-electron chi connectivity index (χ3n) is 3.65. The predicted octanol–water partition coefficient (Wildman–Crippen LogP) is 3.88. The van der Waals surface area contributed by atoms with E-state index >= 15 is 0 Å². The summed E-state index contributed by atoms with van der Waals surface area (Å²) < 4.78 is 46.7. The summed E-state index contributed by atoms with van der Waals surface area (Å²) in [5.41, 5.74) is 0.756. The molecule has 0 aliphatic rings. The number of halogens is 2. The number of rotatable bonds is 7. The SMILES string of the molecule is O=S(=O)(NCCCOc1cccc2cccnc12)c1cc(Br)ccc1F. The molecule has 136 valence electrons. The number of hydrogen-bond donors (Lipinski definition) is 1. The van der Waals surface area contributed by atoms with Gasteiger partial charge in [-0.05, 0) is 36.8 Å². The van der Waals surface area contributed by atoms with E-state index in [4.69, 9.17) is 4.74 Å². The van der Waals surface area contributed by atoms with E-state index in [9.17, 15) is 12.8 Å². The summed E-state index contributed by atoms with van der Waals surface area (Å²) in [6.07, 6.45) is 2.12. The highest BCUT2D eigenvalue weighted by Gasteiger charge is 2.18. The molecule has 2 aromatic carbocycles. The summed E-state index contributed by atoms with van der Waals surface area (Å²) in [5, 5.41) is 0.968. The van der Waals surface area contributed by atoms with Crippen LogP contribution in [0.25, 0.3) is 10.9 Å². The quantitative estimate of drug-likeness (QED) is 0.568. The highest BCUT2D eigenvalue weighted by atomic mass is 79.9. The summed E-state index contributed by atoms with van der Waals surface area (Å²) in [6, 6.07) is 13.2. The fraction of sp³-hybridized carbons (Fsp3) is 0.167. The molecule has 0 bridgehead atoms. The fourth-order valence-corrected chi connectivity index (χ4v) is 4.10. The van der Waals surface area contributed by atoms with Gasteiger partial charge in [0.05, 0.1) is 6.61 Å². The van der Waals surface area contributed by atoms with E-state index in [1.807, 2.05) is 30.3 Å². The lowest BCUT2D eigenvalue weighted by molar-refractivity contribution is 0.314. The van der Waals surface area contributed by atoms with E-state index in [1.54, 1.807) is 6.20 Å². The minimum absolute atomic E-state index is 0.131.